The summed E-state index contributed by atoms with van der Waals surface area (Å²) >= 11 is 6.13. The van der Waals surface area contributed by atoms with Gasteiger partial charge in [0.1, 0.15) is 6.61 Å². The van der Waals surface area contributed by atoms with Crippen molar-refractivity contribution in [1.82, 2.24) is 5.32 Å². The standard InChI is InChI=1S/C20H17ClN2O5/c21-16-9-13(10-17-19(16)28-12-27-17)4-5-18(24)22-11-14-2-1-3-15(8-14)23-6-7-26-20(23)25/h1-5,8-10H,6-7,11-12H2,(H,22,24). The molecule has 144 valence electrons. The Kier molecular flexibility index (Phi) is 5.08. The molecule has 0 bridgehead atoms. The van der Waals surface area contributed by atoms with Gasteiger partial charge in [-0.25, -0.2) is 4.79 Å². The van der Waals surface area contributed by atoms with E-state index in [4.69, 9.17) is 25.8 Å². The van der Waals surface area contributed by atoms with Gasteiger partial charge < -0.3 is 19.5 Å². The third-order valence-corrected chi connectivity index (χ3v) is 4.61. The third-order valence-electron chi connectivity index (χ3n) is 4.33. The largest absolute Gasteiger partial charge is 0.454 e. The van der Waals surface area contributed by atoms with E-state index in [0.717, 1.165) is 16.8 Å². The van der Waals surface area contributed by atoms with Crippen LogP contribution < -0.4 is 19.7 Å². The fraction of sp³-hybridized carbons (Fsp3) is 0.200. The van der Waals surface area contributed by atoms with Crippen molar-refractivity contribution < 1.29 is 23.8 Å². The number of benzene rings is 2. The molecule has 2 amide bonds. The highest BCUT2D eigenvalue weighted by atomic mass is 35.5. The summed E-state index contributed by atoms with van der Waals surface area (Å²) in [5.74, 6) is 0.828. The molecule has 0 spiro atoms. The van der Waals surface area contributed by atoms with Gasteiger partial charge in [0, 0.05) is 18.3 Å². The highest BCUT2D eigenvalue weighted by Crippen LogP contribution is 2.40. The van der Waals surface area contributed by atoms with Crippen molar-refractivity contribution in [2.24, 2.45) is 0 Å². The molecule has 0 aromatic heterocycles. The molecular weight excluding hydrogens is 384 g/mol. The van der Waals surface area contributed by atoms with Gasteiger partial charge in [0.2, 0.25) is 12.7 Å². The molecule has 4 rings (SSSR count). The first-order valence-corrected chi connectivity index (χ1v) is 9.06. The second-order valence-electron chi connectivity index (χ2n) is 6.22. The summed E-state index contributed by atoms with van der Waals surface area (Å²) in [4.78, 5) is 25.4. The van der Waals surface area contributed by atoms with Crippen molar-refractivity contribution >= 4 is 35.4 Å². The van der Waals surface area contributed by atoms with E-state index in [-0.39, 0.29) is 18.8 Å². The molecule has 2 heterocycles. The van der Waals surface area contributed by atoms with Gasteiger partial charge in [-0.2, -0.15) is 0 Å². The van der Waals surface area contributed by atoms with Crippen LogP contribution in [0.1, 0.15) is 11.1 Å². The maximum Gasteiger partial charge on any atom is 0.414 e. The number of hydrogen-bond acceptors (Lipinski definition) is 5. The Morgan fingerprint density at radius 3 is 2.93 bits per heavy atom. The lowest BCUT2D eigenvalue weighted by Crippen LogP contribution is -2.24. The number of cyclic esters (lactones) is 1. The van der Waals surface area contributed by atoms with Crippen molar-refractivity contribution in [2.75, 3.05) is 24.8 Å². The minimum absolute atomic E-state index is 0.136. The Bertz CT molecular complexity index is 960. The van der Waals surface area contributed by atoms with Gasteiger partial charge in [-0.1, -0.05) is 23.7 Å². The first-order chi connectivity index (χ1) is 13.6. The Labute approximate surface area is 166 Å². The smallest absolute Gasteiger partial charge is 0.414 e. The van der Waals surface area contributed by atoms with Crippen molar-refractivity contribution in [3.63, 3.8) is 0 Å². The lowest BCUT2D eigenvalue weighted by molar-refractivity contribution is -0.116. The van der Waals surface area contributed by atoms with E-state index in [0.29, 0.717) is 36.2 Å². The van der Waals surface area contributed by atoms with Gasteiger partial charge in [-0.15, -0.1) is 0 Å². The maximum absolute atomic E-state index is 12.1. The summed E-state index contributed by atoms with van der Waals surface area (Å²) < 4.78 is 15.5. The number of fused-ring (bicyclic) bond motifs is 1. The molecule has 7 nitrogen and oxygen atoms in total. The van der Waals surface area contributed by atoms with Crippen LogP contribution in [-0.2, 0) is 16.1 Å². The molecule has 1 N–H and O–H groups in total. The van der Waals surface area contributed by atoms with Crippen molar-refractivity contribution in [3.05, 3.63) is 58.6 Å². The Morgan fingerprint density at radius 1 is 1.21 bits per heavy atom. The van der Waals surface area contributed by atoms with Crippen LogP contribution in [0.25, 0.3) is 6.08 Å². The first-order valence-electron chi connectivity index (χ1n) is 8.68. The number of carbonyl (C=O) groups excluding carboxylic acids is 2. The van der Waals surface area contributed by atoms with E-state index >= 15 is 0 Å². The van der Waals surface area contributed by atoms with Crippen LogP contribution in [0.3, 0.4) is 0 Å². The highest BCUT2D eigenvalue weighted by molar-refractivity contribution is 6.32. The number of halogens is 1. The van der Waals surface area contributed by atoms with Crippen LogP contribution in [0.5, 0.6) is 11.5 Å². The zero-order valence-corrected chi connectivity index (χ0v) is 15.6. The van der Waals surface area contributed by atoms with Gasteiger partial charge in [-0.05, 0) is 41.5 Å². The summed E-state index contributed by atoms with van der Waals surface area (Å²) in [5, 5.41) is 3.25. The predicted molar refractivity (Wildman–Crippen MR) is 104 cm³/mol. The number of anilines is 1. The van der Waals surface area contributed by atoms with Gasteiger partial charge in [0.05, 0.1) is 11.6 Å². The first kappa shape index (κ1) is 18.2. The molecule has 28 heavy (non-hydrogen) atoms. The predicted octanol–water partition coefficient (Wildman–Crippen LogP) is 3.35. The SMILES string of the molecule is O=C(C=Cc1cc(Cl)c2c(c1)OCO2)NCc1cccc(N2CCOC2=O)c1. The molecule has 1 fully saturated rings. The molecule has 2 aliphatic rings. The fourth-order valence-electron chi connectivity index (χ4n) is 2.97. The number of rotatable bonds is 5. The fourth-order valence-corrected chi connectivity index (χ4v) is 3.24. The average Bonchev–Trinajstić information content (AvgIpc) is 3.34. The van der Waals surface area contributed by atoms with Crippen molar-refractivity contribution in [1.29, 1.82) is 0 Å². The summed E-state index contributed by atoms with van der Waals surface area (Å²) in [6, 6.07) is 10.9. The van der Waals surface area contributed by atoms with Crippen LogP contribution in [0.15, 0.2) is 42.5 Å². The monoisotopic (exact) mass is 400 g/mol. The van der Waals surface area contributed by atoms with Gasteiger partial charge in [0.15, 0.2) is 11.5 Å². The van der Waals surface area contributed by atoms with E-state index in [2.05, 4.69) is 5.32 Å². The van der Waals surface area contributed by atoms with Crippen molar-refractivity contribution in [2.45, 2.75) is 6.54 Å². The van der Waals surface area contributed by atoms with E-state index < -0.39 is 0 Å². The number of hydrogen-bond donors (Lipinski definition) is 1. The number of amides is 2. The summed E-state index contributed by atoms with van der Waals surface area (Å²) in [5.41, 5.74) is 2.36. The van der Waals surface area contributed by atoms with Crippen LogP contribution >= 0.6 is 11.6 Å². The van der Waals surface area contributed by atoms with E-state index in [1.54, 1.807) is 23.1 Å². The Hall–Kier alpha value is -3.19. The molecule has 0 saturated carbocycles. The molecule has 0 radical (unpaired) electrons. The average molecular weight is 401 g/mol. The topological polar surface area (TPSA) is 77.1 Å². The second-order valence-corrected chi connectivity index (χ2v) is 6.63. The van der Waals surface area contributed by atoms with Crippen LogP contribution in [0, 0.1) is 0 Å². The minimum Gasteiger partial charge on any atom is -0.454 e. The number of nitrogens with one attached hydrogen (secondary N) is 1. The quantitative estimate of drug-likeness (QED) is 0.779. The molecule has 2 aromatic rings. The lowest BCUT2D eigenvalue weighted by atomic mass is 10.1. The maximum atomic E-state index is 12.1. The Morgan fingerprint density at radius 2 is 2.11 bits per heavy atom. The van der Waals surface area contributed by atoms with E-state index in [9.17, 15) is 9.59 Å². The summed E-state index contributed by atoms with van der Waals surface area (Å²) in [7, 11) is 0. The molecule has 0 aliphatic carbocycles. The zero-order chi connectivity index (χ0) is 19.5. The lowest BCUT2D eigenvalue weighted by Gasteiger charge is -2.13. The number of nitrogens with zero attached hydrogens (tertiary/aromatic N) is 1. The number of carbonyl (C=O) groups is 2. The van der Waals surface area contributed by atoms with E-state index in [1.807, 2.05) is 24.3 Å². The van der Waals surface area contributed by atoms with Gasteiger partial charge in [-0.3, -0.25) is 9.69 Å². The molecule has 8 heteroatoms. The summed E-state index contributed by atoms with van der Waals surface area (Å²) in [6.45, 7) is 1.38. The molecule has 0 unspecified atom stereocenters. The summed E-state index contributed by atoms with van der Waals surface area (Å²) in [6.07, 6.45) is 2.72. The third kappa shape index (κ3) is 3.89. The van der Waals surface area contributed by atoms with Crippen LogP contribution in [-0.4, -0.2) is 31.9 Å². The van der Waals surface area contributed by atoms with Crippen LogP contribution in [0.2, 0.25) is 5.02 Å². The molecule has 0 atom stereocenters. The minimum atomic E-state index is -0.355. The van der Waals surface area contributed by atoms with Crippen molar-refractivity contribution in [3.8, 4) is 11.5 Å². The molecule has 2 aromatic carbocycles. The van der Waals surface area contributed by atoms with Crippen LogP contribution in [0.4, 0.5) is 10.5 Å². The zero-order valence-electron chi connectivity index (χ0n) is 14.8. The normalized spacial score (nSPS) is 15.2. The molecule has 2 aliphatic heterocycles. The van der Waals surface area contributed by atoms with Gasteiger partial charge in [0.25, 0.3) is 0 Å². The molecule has 1 saturated heterocycles. The van der Waals surface area contributed by atoms with E-state index in [1.165, 1.54) is 6.08 Å². The highest BCUT2D eigenvalue weighted by Gasteiger charge is 2.23. The molecular formula is C20H17ClN2O5. The number of ether oxygens (including phenoxy) is 3. The Balaban J connectivity index is 1.37. The van der Waals surface area contributed by atoms with Gasteiger partial charge >= 0.3 is 6.09 Å². The second kappa shape index (κ2) is 7.82.